The lowest BCUT2D eigenvalue weighted by Crippen LogP contribution is -2.46. The fraction of sp³-hybridized carbons (Fsp3) is 0.467. The number of rotatable bonds is 5. The third-order valence-electron chi connectivity index (χ3n) is 3.51. The van der Waals surface area contributed by atoms with E-state index >= 15 is 0 Å². The highest BCUT2D eigenvalue weighted by atomic mass is 19.1. The number of nitrogens with zero attached hydrogens (tertiary/aromatic N) is 1. The largest absolute Gasteiger partial charge is 0.481 e. The SMILES string of the molecule is O=C(O)C[C@H]1CN(C(=O)CCc2cc(F)ccc2F)CCO1. The van der Waals surface area contributed by atoms with Crippen molar-refractivity contribution in [3.8, 4) is 0 Å². The van der Waals surface area contributed by atoms with Crippen LogP contribution in [0.2, 0.25) is 0 Å². The smallest absolute Gasteiger partial charge is 0.306 e. The first-order valence-electron chi connectivity index (χ1n) is 7.01. The van der Waals surface area contributed by atoms with E-state index in [4.69, 9.17) is 9.84 Å². The van der Waals surface area contributed by atoms with E-state index in [1.807, 2.05) is 0 Å². The van der Waals surface area contributed by atoms with Gasteiger partial charge in [-0.2, -0.15) is 0 Å². The number of halogens is 2. The van der Waals surface area contributed by atoms with Gasteiger partial charge in [0.2, 0.25) is 5.91 Å². The summed E-state index contributed by atoms with van der Waals surface area (Å²) >= 11 is 0. The number of aryl methyl sites for hydroxylation is 1. The van der Waals surface area contributed by atoms with Crippen LogP contribution in [0.15, 0.2) is 18.2 Å². The molecule has 1 N–H and O–H groups in total. The molecule has 1 aromatic carbocycles. The Kier molecular flexibility index (Phi) is 5.43. The molecule has 2 rings (SSSR count). The summed E-state index contributed by atoms with van der Waals surface area (Å²) in [6, 6.07) is 3.14. The molecule has 120 valence electrons. The average molecular weight is 313 g/mol. The lowest BCUT2D eigenvalue weighted by molar-refractivity contribution is -0.147. The van der Waals surface area contributed by atoms with E-state index in [1.165, 1.54) is 4.90 Å². The number of morpholine rings is 1. The number of carboxylic acids is 1. The zero-order valence-electron chi connectivity index (χ0n) is 11.9. The fourth-order valence-corrected chi connectivity index (χ4v) is 2.40. The lowest BCUT2D eigenvalue weighted by Gasteiger charge is -2.32. The van der Waals surface area contributed by atoms with Crippen molar-refractivity contribution in [1.29, 1.82) is 0 Å². The van der Waals surface area contributed by atoms with Gasteiger partial charge in [-0.05, 0) is 30.2 Å². The van der Waals surface area contributed by atoms with Gasteiger partial charge in [0.15, 0.2) is 0 Å². The molecule has 0 saturated carbocycles. The summed E-state index contributed by atoms with van der Waals surface area (Å²) in [7, 11) is 0. The number of carbonyl (C=O) groups excluding carboxylic acids is 1. The minimum absolute atomic E-state index is 0.0418. The molecular formula is C15H17F2NO4. The van der Waals surface area contributed by atoms with Gasteiger partial charge in [0, 0.05) is 19.5 Å². The summed E-state index contributed by atoms with van der Waals surface area (Å²) in [6.45, 7) is 0.857. The summed E-state index contributed by atoms with van der Waals surface area (Å²) in [6.07, 6.45) is -0.549. The highest BCUT2D eigenvalue weighted by molar-refractivity contribution is 5.76. The Bertz CT molecular complexity index is 564. The maximum atomic E-state index is 13.5. The standard InChI is InChI=1S/C15H17F2NO4/c16-11-2-3-13(17)10(7-11)1-4-14(19)18-5-6-22-12(9-18)8-15(20)21/h2-3,7,12H,1,4-6,8-9H2,(H,20,21)/t12-/m0/s1. The summed E-state index contributed by atoms with van der Waals surface area (Å²) in [5.74, 6) is -2.29. The minimum Gasteiger partial charge on any atom is -0.481 e. The van der Waals surface area contributed by atoms with Crippen molar-refractivity contribution in [2.45, 2.75) is 25.4 Å². The maximum absolute atomic E-state index is 13.5. The summed E-state index contributed by atoms with van der Waals surface area (Å²) in [4.78, 5) is 24.3. The molecule has 0 aliphatic carbocycles. The van der Waals surface area contributed by atoms with E-state index in [9.17, 15) is 18.4 Å². The van der Waals surface area contributed by atoms with Crippen molar-refractivity contribution in [3.05, 3.63) is 35.4 Å². The summed E-state index contributed by atoms with van der Waals surface area (Å²) in [5, 5.41) is 8.74. The van der Waals surface area contributed by atoms with Crippen LogP contribution in [0.3, 0.4) is 0 Å². The molecule has 0 unspecified atom stereocenters. The molecule has 1 fully saturated rings. The highest BCUT2D eigenvalue weighted by Crippen LogP contribution is 2.14. The summed E-state index contributed by atoms with van der Waals surface area (Å²) < 4.78 is 31.8. The Morgan fingerprint density at radius 1 is 1.36 bits per heavy atom. The number of ether oxygens (including phenoxy) is 1. The van der Waals surface area contributed by atoms with E-state index in [1.54, 1.807) is 0 Å². The zero-order chi connectivity index (χ0) is 16.1. The zero-order valence-corrected chi connectivity index (χ0v) is 11.9. The Morgan fingerprint density at radius 3 is 2.86 bits per heavy atom. The van der Waals surface area contributed by atoms with Crippen LogP contribution in [0.1, 0.15) is 18.4 Å². The van der Waals surface area contributed by atoms with Gasteiger partial charge in [0.1, 0.15) is 11.6 Å². The maximum Gasteiger partial charge on any atom is 0.306 e. The Morgan fingerprint density at radius 2 is 2.14 bits per heavy atom. The molecule has 0 radical (unpaired) electrons. The third-order valence-corrected chi connectivity index (χ3v) is 3.51. The fourth-order valence-electron chi connectivity index (χ4n) is 2.40. The van der Waals surface area contributed by atoms with Crippen molar-refractivity contribution < 1.29 is 28.2 Å². The van der Waals surface area contributed by atoms with Crippen LogP contribution < -0.4 is 0 Å². The molecule has 7 heteroatoms. The van der Waals surface area contributed by atoms with Crippen molar-refractivity contribution in [1.82, 2.24) is 4.90 Å². The predicted octanol–water partition coefficient (Wildman–Crippen LogP) is 1.60. The van der Waals surface area contributed by atoms with Gasteiger partial charge < -0.3 is 14.7 Å². The molecule has 0 bridgehead atoms. The molecule has 5 nitrogen and oxygen atoms in total. The van der Waals surface area contributed by atoms with Crippen molar-refractivity contribution >= 4 is 11.9 Å². The third kappa shape index (κ3) is 4.49. The van der Waals surface area contributed by atoms with Crippen molar-refractivity contribution in [2.75, 3.05) is 19.7 Å². The van der Waals surface area contributed by atoms with E-state index in [0.717, 1.165) is 18.2 Å². The number of hydrogen-bond acceptors (Lipinski definition) is 3. The number of carbonyl (C=O) groups is 2. The quantitative estimate of drug-likeness (QED) is 0.896. The van der Waals surface area contributed by atoms with Gasteiger partial charge in [-0.1, -0.05) is 0 Å². The second-order valence-corrected chi connectivity index (χ2v) is 5.17. The van der Waals surface area contributed by atoms with Crippen LogP contribution in [0.4, 0.5) is 8.78 Å². The number of benzene rings is 1. The molecule has 1 aromatic rings. The van der Waals surface area contributed by atoms with Gasteiger partial charge in [-0.25, -0.2) is 8.78 Å². The number of carboxylic acid groups (broad SMARTS) is 1. The first kappa shape index (κ1) is 16.4. The van der Waals surface area contributed by atoms with Crippen LogP contribution >= 0.6 is 0 Å². The van der Waals surface area contributed by atoms with Crippen molar-refractivity contribution in [2.24, 2.45) is 0 Å². The first-order chi connectivity index (χ1) is 10.5. The molecule has 0 aromatic heterocycles. The second kappa shape index (κ2) is 7.31. The molecule has 1 heterocycles. The molecular weight excluding hydrogens is 296 g/mol. The number of hydrogen-bond donors (Lipinski definition) is 1. The minimum atomic E-state index is -0.985. The molecule has 0 spiro atoms. The van der Waals surface area contributed by atoms with E-state index in [2.05, 4.69) is 0 Å². The normalized spacial score (nSPS) is 18.3. The molecule has 1 atom stereocenters. The van der Waals surface area contributed by atoms with Crippen LogP contribution in [0.25, 0.3) is 0 Å². The van der Waals surface area contributed by atoms with E-state index < -0.39 is 23.7 Å². The Hall–Kier alpha value is -2.02. The topological polar surface area (TPSA) is 66.8 Å². The molecule has 22 heavy (non-hydrogen) atoms. The number of amides is 1. The van der Waals surface area contributed by atoms with E-state index in [0.29, 0.717) is 6.54 Å². The lowest BCUT2D eigenvalue weighted by atomic mass is 10.1. The van der Waals surface area contributed by atoms with Gasteiger partial charge in [0.05, 0.1) is 19.1 Å². The van der Waals surface area contributed by atoms with Gasteiger partial charge in [-0.15, -0.1) is 0 Å². The molecule has 1 amide bonds. The average Bonchev–Trinajstić information content (AvgIpc) is 2.47. The Balaban J connectivity index is 1.89. The molecule has 1 saturated heterocycles. The number of aliphatic carboxylic acids is 1. The van der Waals surface area contributed by atoms with Gasteiger partial charge in [0.25, 0.3) is 0 Å². The van der Waals surface area contributed by atoms with Crippen molar-refractivity contribution in [3.63, 3.8) is 0 Å². The van der Waals surface area contributed by atoms with Crippen LogP contribution in [-0.2, 0) is 20.7 Å². The van der Waals surface area contributed by atoms with Crippen LogP contribution in [0.5, 0.6) is 0 Å². The molecule has 1 aliphatic heterocycles. The Labute approximate surface area is 126 Å². The van der Waals surface area contributed by atoms with Crippen LogP contribution in [-0.4, -0.2) is 47.7 Å². The monoisotopic (exact) mass is 313 g/mol. The van der Waals surface area contributed by atoms with Gasteiger partial charge in [-0.3, -0.25) is 9.59 Å². The van der Waals surface area contributed by atoms with E-state index in [-0.39, 0.29) is 43.9 Å². The first-order valence-corrected chi connectivity index (χ1v) is 7.01. The highest BCUT2D eigenvalue weighted by Gasteiger charge is 2.25. The summed E-state index contributed by atoms with van der Waals surface area (Å²) in [5.41, 5.74) is 0.156. The second-order valence-electron chi connectivity index (χ2n) is 5.17. The molecule has 1 aliphatic rings. The predicted molar refractivity (Wildman–Crippen MR) is 73.3 cm³/mol. The van der Waals surface area contributed by atoms with Gasteiger partial charge >= 0.3 is 5.97 Å². The van der Waals surface area contributed by atoms with Crippen LogP contribution in [0, 0.1) is 11.6 Å².